The highest BCUT2D eigenvalue weighted by molar-refractivity contribution is 5.84. The summed E-state index contributed by atoms with van der Waals surface area (Å²) in [5.41, 5.74) is 5.12. The van der Waals surface area contributed by atoms with Crippen LogP contribution in [0.3, 0.4) is 0 Å². The molecule has 1 aromatic heterocycles. The minimum atomic E-state index is 0.901. The van der Waals surface area contributed by atoms with Crippen molar-refractivity contribution in [1.29, 1.82) is 0 Å². The molecule has 1 N–H and O–H groups in total. The standard InChI is InChI=1S/C17H17NO/c1-12-3-8-16-14(11-18-17(16)9-12)10-13-4-6-15(19-2)7-5-13/h3-9,11,18H,10H2,1-2H3. The molecular formula is C17H17NO. The Morgan fingerprint density at radius 1 is 1.05 bits per heavy atom. The molecule has 96 valence electrons. The number of ether oxygens (including phenoxy) is 1. The molecular weight excluding hydrogens is 234 g/mol. The van der Waals surface area contributed by atoms with E-state index in [4.69, 9.17) is 4.74 Å². The average Bonchev–Trinajstić information content (AvgIpc) is 2.82. The van der Waals surface area contributed by atoms with Crippen LogP contribution in [0, 0.1) is 6.92 Å². The highest BCUT2D eigenvalue weighted by Gasteiger charge is 2.04. The lowest BCUT2D eigenvalue weighted by Crippen LogP contribution is -1.88. The summed E-state index contributed by atoms with van der Waals surface area (Å²) >= 11 is 0. The number of H-pyrrole nitrogens is 1. The van der Waals surface area contributed by atoms with Gasteiger partial charge < -0.3 is 9.72 Å². The molecule has 1 heterocycles. The van der Waals surface area contributed by atoms with Crippen LogP contribution in [0.25, 0.3) is 10.9 Å². The second kappa shape index (κ2) is 4.81. The van der Waals surface area contributed by atoms with Crippen molar-refractivity contribution in [2.45, 2.75) is 13.3 Å². The van der Waals surface area contributed by atoms with Gasteiger partial charge in [-0.2, -0.15) is 0 Å². The van der Waals surface area contributed by atoms with Gasteiger partial charge in [0.05, 0.1) is 7.11 Å². The third kappa shape index (κ3) is 2.34. The van der Waals surface area contributed by atoms with Gasteiger partial charge in [-0.3, -0.25) is 0 Å². The summed E-state index contributed by atoms with van der Waals surface area (Å²) in [4.78, 5) is 3.35. The van der Waals surface area contributed by atoms with Crippen LogP contribution in [0.4, 0.5) is 0 Å². The molecule has 0 amide bonds. The predicted octanol–water partition coefficient (Wildman–Crippen LogP) is 4.08. The fourth-order valence-electron chi connectivity index (χ4n) is 2.41. The van der Waals surface area contributed by atoms with Gasteiger partial charge >= 0.3 is 0 Å². The van der Waals surface area contributed by atoms with Crippen LogP contribution in [0.2, 0.25) is 0 Å². The number of aromatic amines is 1. The van der Waals surface area contributed by atoms with Crippen molar-refractivity contribution in [3.05, 3.63) is 65.4 Å². The van der Waals surface area contributed by atoms with Crippen molar-refractivity contribution in [2.75, 3.05) is 7.11 Å². The molecule has 0 aliphatic carbocycles. The molecule has 0 spiro atoms. The minimum Gasteiger partial charge on any atom is -0.497 e. The van der Waals surface area contributed by atoms with E-state index in [1.807, 2.05) is 12.1 Å². The molecule has 0 unspecified atom stereocenters. The lowest BCUT2D eigenvalue weighted by molar-refractivity contribution is 0.414. The molecule has 0 saturated carbocycles. The summed E-state index contributed by atoms with van der Waals surface area (Å²) in [6.45, 7) is 2.11. The van der Waals surface area contributed by atoms with Crippen LogP contribution >= 0.6 is 0 Å². The number of hydrogen-bond donors (Lipinski definition) is 1. The van der Waals surface area contributed by atoms with Crippen LogP contribution in [0.1, 0.15) is 16.7 Å². The summed E-state index contributed by atoms with van der Waals surface area (Å²) in [5.74, 6) is 0.901. The number of aryl methyl sites for hydroxylation is 1. The Morgan fingerprint density at radius 3 is 2.58 bits per heavy atom. The number of methoxy groups -OCH3 is 1. The molecule has 0 bridgehead atoms. The van der Waals surface area contributed by atoms with E-state index in [0.29, 0.717) is 0 Å². The van der Waals surface area contributed by atoms with Gasteiger partial charge in [0.25, 0.3) is 0 Å². The first kappa shape index (κ1) is 11.8. The number of aromatic nitrogens is 1. The van der Waals surface area contributed by atoms with Gasteiger partial charge in [0.1, 0.15) is 5.75 Å². The molecule has 19 heavy (non-hydrogen) atoms. The topological polar surface area (TPSA) is 25.0 Å². The van der Waals surface area contributed by atoms with Gasteiger partial charge in [-0.15, -0.1) is 0 Å². The highest BCUT2D eigenvalue weighted by atomic mass is 16.5. The minimum absolute atomic E-state index is 0.901. The molecule has 3 rings (SSSR count). The van der Waals surface area contributed by atoms with Crippen molar-refractivity contribution in [3.63, 3.8) is 0 Å². The highest BCUT2D eigenvalue weighted by Crippen LogP contribution is 2.23. The number of nitrogens with one attached hydrogen (secondary N) is 1. The van der Waals surface area contributed by atoms with Crippen molar-refractivity contribution in [2.24, 2.45) is 0 Å². The van der Waals surface area contributed by atoms with E-state index in [-0.39, 0.29) is 0 Å². The van der Waals surface area contributed by atoms with E-state index in [1.54, 1.807) is 7.11 Å². The summed E-state index contributed by atoms with van der Waals surface area (Å²) < 4.78 is 5.18. The Kier molecular flexibility index (Phi) is 3.00. The van der Waals surface area contributed by atoms with Gasteiger partial charge in [0.2, 0.25) is 0 Å². The average molecular weight is 251 g/mol. The van der Waals surface area contributed by atoms with Gasteiger partial charge in [0.15, 0.2) is 0 Å². The maximum Gasteiger partial charge on any atom is 0.118 e. The normalized spacial score (nSPS) is 10.8. The van der Waals surface area contributed by atoms with Crippen molar-refractivity contribution in [3.8, 4) is 5.75 Å². The van der Waals surface area contributed by atoms with E-state index in [0.717, 1.165) is 12.2 Å². The third-order valence-electron chi connectivity index (χ3n) is 3.48. The summed E-state index contributed by atoms with van der Waals surface area (Å²) in [6, 6.07) is 14.8. The van der Waals surface area contributed by atoms with Crippen LogP contribution in [0.15, 0.2) is 48.7 Å². The fraction of sp³-hybridized carbons (Fsp3) is 0.176. The zero-order chi connectivity index (χ0) is 13.2. The van der Waals surface area contributed by atoms with Gasteiger partial charge in [-0.25, -0.2) is 0 Å². The number of fused-ring (bicyclic) bond motifs is 1. The Bertz CT molecular complexity index is 695. The van der Waals surface area contributed by atoms with E-state index in [2.05, 4.69) is 48.4 Å². The SMILES string of the molecule is COc1ccc(Cc2c[nH]c3cc(C)ccc23)cc1. The van der Waals surface area contributed by atoms with Crippen LogP contribution in [-0.4, -0.2) is 12.1 Å². The van der Waals surface area contributed by atoms with Gasteiger partial charge in [0, 0.05) is 17.1 Å². The van der Waals surface area contributed by atoms with Gasteiger partial charge in [-0.1, -0.05) is 24.3 Å². The lowest BCUT2D eigenvalue weighted by Gasteiger charge is -2.03. The zero-order valence-corrected chi connectivity index (χ0v) is 11.2. The predicted molar refractivity (Wildman–Crippen MR) is 78.8 cm³/mol. The Morgan fingerprint density at radius 2 is 1.84 bits per heavy atom. The first-order chi connectivity index (χ1) is 9.26. The molecule has 3 aromatic rings. The molecule has 2 heteroatoms. The number of hydrogen-bond acceptors (Lipinski definition) is 1. The van der Waals surface area contributed by atoms with Crippen molar-refractivity contribution in [1.82, 2.24) is 4.98 Å². The number of benzene rings is 2. The first-order valence-corrected chi connectivity index (χ1v) is 6.46. The van der Waals surface area contributed by atoms with E-state index in [9.17, 15) is 0 Å². The molecule has 0 aliphatic heterocycles. The van der Waals surface area contributed by atoms with Crippen LogP contribution in [0.5, 0.6) is 5.75 Å². The quantitative estimate of drug-likeness (QED) is 0.745. The van der Waals surface area contributed by atoms with Crippen LogP contribution < -0.4 is 4.74 Å². The maximum atomic E-state index is 5.18. The van der Waals surface area contributed by atoms with E-state index in [1.165, 1.54) is 27.6 Å². The molecule has 2 nitrogen and oxygen atoms in total. The Balaban J connectivity index is 1.92. The monoisotopic (exact) mass is 251 g/mol. The largest absolute Gasteiger partial charge is 0.497 e. The van der Waals surface area contributed by atoms with Gasteiger partial charge in [-0.05, 0) is 48.2 Å². The smallest absolute Gasteiger partial charge is 0.118 e. The number of rotatable bonds is 3. The van der Waals surface area contributed by atoms with Crippen molar-refractivity contribution >= 4 is 10.9 Å². The molecule has 0 saturated heterocycles. The molecule has 2 aromatic carbocycles. The molecule has 0 radical (unpaired) electrons. The lowest BCUT2D eigenvalue weighted by atomic mass is 10.0. The first-order valence-electron chi connectivity index (χ1n) is 6.46. The summed E-state index contributed by atoms with van der Waals surface area (Å²) in [7, 11) is 1.69. The Labute approximate surface area is 113 Å². The maximum absolute atomic E-state index is 5.18. The zero-order valence-electron chi connectivity index (χ0n) is 11.2. The van der Waals surface area contributed by atoms with E-state index < -0.39 is 0 Å². The molecule has 0 fully saturated rings. The van der Waals surface area contributed by atoms with Crippen molar-refractivity contribution < 1.29 is 4.74 Å². The fourth-order valence-corrected chi connectivity index (χ4v) is 2.41. The van der Waals surface area contributed by atoms with Crippen LogP contribution in [-0.2, 0) is 6.42 Å². The van der Waals surface area contributed by atoms with E-state index >= 15 is 0 Å². The molecule has 0 atom stereocenters. The second-order valence-corrected chi connectivity index (χ2v) is 4.89. The Hall–Kier alpha value is -2.22. The summed E-state index contributed by atoms with van der Waals surface area (Å²) in [5, 5.41) is 1.31. The summed E-state index contributed by atoms with van der Waals surface area (Å²) in [6.07, 6.45) is 3.04. The third-order valence-corrected chi connectivity index (χ3v) is 3.48. The second-order valence-electron chi connectivity index (χ2n) is 4.89. The molecule has 0 aliphatic rings.